The zero-order valence-electron chi connectivity index (χ0n) is 27.3. The van der Waals surface area contributed by atoms with Crippen molar-refractivity contribution in [3.05, 3.63) is 168 Å². The number of hydrogen-bond acceptors (Lipinski definition) is 6. The number of nitrogens with zero attached hydrogens (tertiary/aromatic N) is 1. The molecule has 51 heavy (non-hydrogen) atoms. The van der Waals surface area contributed by atoms with Crippen molar-refractivity contribution < 1.29 is 4.42 Å². The molecule has 6 heteroatoms. The van der Waals surface area contributed by atoms with Crippen molar-refractivity contribution in [2.75, 3.05) is 0 Å². The highest BCUT2D eigenvalue weighted by atomic mass is 32.1. The smallest absolute Gasteiger partial charge is 0.136 e. The summed E-state index contributed by atoms with van der Waals surface area (Å²) in [5.74, 6) is 0.877. The van der Waals surface area contributed by atoms with Crippen LogP contribution >= 0.6 is 22.7 Å². The summed E-state index contributed by atoms with van der Waals surface area (Å²) in [4.78, 5) is 5.31. The molecule has 0 saturated carbocycles. The van der Waals surface area contributed by atoms with Crippen LogP contribution < -0.4 is 10.6 Å². The van der Waals surface area contributed by atoms with Gasteiger partial charge in [-0.2, -0.15) is 0 Å². The van der Waals surface area contributed by atoms with Gasteiger partial charge in [-0.25, -0.2) is 4.99 Å². The second kappa shape index (κ2) is 11.4. The molecule has 3 aromatic heterocycles. The third-order valence-corrected chi connectivity index (χ3v) is 12.5. The van der Waals surface area contributed by atoms with Crippen LogP contribution in [0.1, 0.15) is 29.0 Å². The molecule has 11 rings (SSSR count). The van der Waals surface area contributed by atoms with Gasteiger partial charge in [0, 0.05) is 56.7 Å². The second-order valence-corrected chi connectivity index (χ2v) is 15.3. The Balaban J connectivity index is 1.01. The van der Waals surface area contributed by atoms with Gasteiger partial charge in [0.15, 0.2) is 0 Å². The molecule has 1 aliphatic rings. The summed E-state index contributed by atoms with van der Waals surface area (Å²) in [6.07, 6.45) is -0.380. The Hall–Kier alpha value is -5.79. The molecule has 4 nitrogen and oxygen atoms in total. The average molecular weight is 692 g/mol. The highest BCUT2D eigenvalue weighted by Crippen LogP contribution is 2.42. The fourth-order valence-electron chi connectivity index (χ4n) is 7.67. The number of hydrogen-bond donors (Lipinski definition) is 2. The van der Waals surface area contributed by atoms with Gasteiger partial charge >= 0.3 is 0 Å². The molecule has 10 aromatic rings. The molecule has 0 bridgehead atoms. The quantitative estimate of drug-likeness (QED) is 0.193. The second-order valence-electron chi connectivity index (χ2n) is 13.2. The van der Waals surface area contributed by atoms with E-state index < -0.39 is 0 Å². The van der Waals surface area contributed by atoms with Gasteiger partial charge in [-0.05, 0) is 76.9 Å². The highest BCUT2D eigenvalue weighted by molar-refractivity contribution is 7.26. The molecule has 0 radical (unpaired) electrons. The summed E-state index contributed by atoms with van der Waals surface area (Å²) < 4.78 is 11.7. The number of aliphatic imine (C=N–C) groups is 1. The summed E-state index contributed by atoms with van der Waals surface area (Å²) in [6, 6.07) is 54.3. The topological polar surface area (TPSA) is 49.6 Å². The van der Waals surface area contributed by atoms with Gasteiger partial charge in [-0.1, -0.05) is 97.1 Å². The molecule has 2 atom stereocenters. The Morgan fingerprint density at radius 2 is 1.24 bits per heavy atom. The van der Waals surface area contributed by atoms with Crippen LogP contribution in [0.15, 0.2) is 161 Å². The lowest BCUT2D eigenvalue weighted by Crippen LogP contribution is -2.44. The van der Waals surface area contributed by atoms with Crippen LogP contribution in [0.5, 0.6) is 0 Å². The number of fused-ring (bicyclic) bond motifs is 9. The van der Waals surface area contributed by atoms with E-state index in [2.05, 4.69) is 162 Å². The van der Waals surface area contributed by atoms with Crippen LogP contribution in [0.4, 0.5) is 0 Å². The summed E-state index contributed by atoms with van der Waals surface area (Å²) in [6.45, 7) is 0. The monoisotopic (exact) mass is 691 g/mol. The van der Waals surface area contributed by atoms with Crippen LogP contribution in [-0.4, -0.2) is 5.84 Å². The average Bonchev–Trinajstić information content (AvgIpc) is 3.88. The molecule has 4 heterocycles. The highest BCUT2D eigenvalue weighted by Gasteiger charge is 2.26. The lowest BCUT2D eigenvalue weighted by molar-refractivity contribution is 0.409. The predicted molar refractivity (Wildman–Crippen MR) is 216 cm³/mol. The molecule has 2 N–H and O–H groups in total. The lowest BCUT2D eigenvalue weighted by Gasteiger charge is -2.32. The van der Waals surface area contributed by atoms with Gasteiger partial charge in [0.1, 0.15) is 29.3 Å². The minimum absolute atomic E-state index is 0.116. The molecule has 7 aromatic carbocycles. The maximum atomic E-state index is 6.51. The van der Waals surface area contributed by atoms with Gasteiger partial charge in [-0.15, -0.1) is 22.7 Å². The van der Waals surface area contributed by atoms with Crippen molar-refractivity contribution in [2.45, 2.75) is 12.3 Å². The van der Waals surface area contributed by atoms with Gasteiger partial charge in [0.25, 0.3) is 0 Å². The molecule has 0 amide bonds. The van der Waals surface area contributed by atoms with Crippen LogP contribution in [-0.2, 0) is 0 Å². The van der Waals surface area contributed by atoms with E-state index in [9.17, 15) is 0 Å². The largest absolute Gasteiger partial charge is 0.456 e. The Labute approximate surface area is 301 Å². The van der Waals surface area contributed by atoms with E-state index >= 15 is 0 Å². The molecular formula is C45H29N3OS2. The van der Waals surface area contributed by atoms with Crippen molar-refractivity contribution >= 4 is 90.8 Å². The Morgan fingerprint density at radius 1 is 0.490 bits per heavy atom. The van der Waals surface area contributed by atoms with Crippen LogP contribution in [0.3, 0.4) is 0 Å². The Morgan fingerprint density at radius 3 is 2.12 bits per heavy atom. The summed E-state index contributed by atoms with van der Waals surface area (Å²) in [7, 11) is 0. The maximum Gasteiger partial charge on any atom is 0.136 e. The molecule has 2 unspecified atom stereocenters. The van der Waals surface area contributed by atoms with E-state index in [1.807, 2.05) is 22.7 Å². The van der Waals surface area contributed by atoms with Gasteiger partial charge in [0.05, 0.1) is 0 Å². The van der Waals surface area contributed by atoms with E-state index in [4.69, 9.17) is 9.41 Å². The lowest BCUT2D eigenvalue weighted by atomic mass is 10.0. The molecule has 0 aliphatic carbocycles. The Bertz CT molecular complexity index is 3010. The fourth-order valence-corrected chi connectivity index (χ4v) is 10.00. The first-order valence-electron chi connectivity index (χ1n) is 17.2. The van der Waals surface area contributed by atoms with Crippen LogP contribution in [0, 0.1) is 0 Å². The fraction of sp³-hybridized carbons (Fsp3) is 0.0444. The number of furan rings is 1. The van der Waals surface area contributed by atoms with Crippen molar-refractivity contribution in [3.63, 3.8) is 0 Å². The van der Waals surface area contributed by atoms with E-state index in [-0.39, 0.29) is 12.3 Å². The van der Waals surface area contributed by atoms with Gasteiger partial charge in [-0.3, -0.25) is 5.32 Å². The van der Waals surface area contributed by atoms with E-state index in [0.717, 1.165) is 50.0 Å². The van der Waals surface area contributed by atoms with Gasteiger partial charge in [0.2, 0.25) is 0 Å². The number of thiophene rings is 2. The number of benzene rings is 7. The third kappa shape index (κ3) is 4.72. The third-order valence-electron chi connectivity index (χ3n) is 10.2. The first kappa shape index (κ1) is 29.0. The minimum Gasteiger partial charge on any atom is -0.456 e. The molecular weight excluding hydrogens is 663 g/mol. The summed E-state index contributed by atoms with van der Waals surface area (Å²) in [5.41, 5.74) is 7.48. The standard InChI is InChI=1S/C45H29N3OS2/c1-2-9-26(10-3-1)43-46-44(48-45(47-43)29-19-22-41-36(24-29)33-12-5-6-15-39(33)50-41)28-18-21-37-35(23-28)31-20-17-27(25-38(31)49-37)30-13-8-14-34-32-11-4-7-16-40(32)51-42(30)34/h1-25,43-44,46H,(H,47,48). The predicted octanol–water partition coefficient (Wildman–Crippen LogP) is 12.3. The molecule has 0 spiro atoms. The van der Waals surface area contributed by atoms with E-state index in [0.29, 0.717) is 0 Å². The first-order chi connectivity index (χ1) is 25.2. The van der Waals surface area contributed by atoms with E-state index in [1.165, 1.54) is 45.9 Å². The summed E-state index contributed by atoms with van der Waals surface area (Å²) >= 11 is 3.69. The minimum atomic E-state index is -0.263. The molecule has 0 saturated heterocycles. The maximum absolute atomic E-state index is 6.51. The van der Waals surface area contributed by atoms with Crippen LogP contribution in [0.2, 0.25) is 0 Å². The van der Waals surface area contributed by atoms with Crippen LogP contribution in [0.25, 0.3) is 73.4 Å². The first-order valence-corrected chi connectivity index (χ1v) is 18.8. The Kier molecular flexibility index (Phi) is 6.46. The van der Waals surface area contributed by atoms with Crippen molar-refractivity contribution in [1.82, 2.24) is 10.6 Å². The number of amidine groups is 1. The normalized spacial score (nSPS) is 16.4. The molecule has 1 aliphatic heterocycles. The molecule has 0 fully saturated rings. The zero-order valence-corrected chi connectivity index (χ0v) is 28.9. The number of nitrogens with one attached hydrogen (secondary N) is 2. The van der Waals surface area contributed by atoms with Crippen molar-refractivity contribution in [2.24, 2.45) is 4.99 Å². The number of rotatable bonds is 4. The van der Waals surface area contributed by atoms with E-state index in [1.54, 1.807) is 0 Å². The molecule has 242 valence electrons. The zero-order chi connectivity index (χ0) is 33.5. The van der Waals surface area contributed by atoms with Crippen molar-refractivity contribution in [3.8, 4) is 11.1 Å². The SMILES string of the molecule is c1ccc(C2NC(c3ccc4sc5ccccc5c4c3)=NC(c3ccc4oc5cc(-c6cccc7c6sc6ccccc67)ccc5c4c3)N2)cc1. The van der Waals surface area contributed by atoms with Gasteiger partial charge < -0.3 is 9.73 Å². The summed E-state index contributed by atoms with van der Waals surface area (Å²) in [5, 5.41) is 14.9. The van der Waals surface area contributed by atoms with Crippen molar-refractivity contribution in [1.29, 1.82) is 0 Å².